The van der Waals surface area contributed by atoms with Gasteiger partial charge in [0, 0.05) is 0 Å². The molecule has 0 unspecified atom stereocenters. The number of hydrogen-bond acceptors (Lipinski definition) is 1. The van der Waals surface area contributed by atoms with E-state index >= 15 is 0 Å². The van der Waals surface area contributed by atoms with Gasteiger partial charge in [-0.15, -0.1) is 0 Å². The SMILES string of the molecule is [Li][CH2][Si](C)(C)N(Cc1ccccc1)Cc1ccccc1. The molecule has 0 radical (unpaired) electrons. The molecule has 0 saturated carbocycles. The molecule has 2 aromatic rings. The summed E-state index contributed by atoms with van der Waals surface area (Å²) in [5.41, 5.74) is 2.83. The second kappa shape index (κ2) is 7.29. The van der Waals surface area contributed by atoms with E-state index in [1.807, 2.05) is 0 Å². The summed E-state index contributed by atoms with van der Waals surface area (Å²) in [4.78, 5) is 0. The van der Waals surface area contributed by atoms with Gasteiger partial charge in [-0.3, -0.25) is 0 Å². The van der Waals surface area contributed by atoms with Crippen LogP contribution in [0.25, 0.3) is 0 Å². The third-order valence-corrected chi connectivity index (χ3v) is 7.91. The van der Waals surface area contributed by atoms with Gasteiger partial charge in [-0.2, -0.15) is 0 Å². The number of nitrogens with zero attached hydrogens (tertiary/aromatic N) is 1. The first kappa shape index (κ1) is 15.6. The van der Waals surface area contributed by atoms with Crippen molar-refractivity contribution in [2.45, 2.75) is 30.9 Å². The molecule has 0 fully saturated rings. The molecule has 2 aromatic carbocycles. The van der Waals surface area contributed by atoms with Crippen LogP contribution < -0.4 is 0 Å². The van der Waals surface area contributed by atoms with Crippen LogP contribution in [-0.2, 0) is 13.1 Å². The summed E-state index contributed by atoms with van der Waals surface area (Å²) >= 11 is 2.33. The van der Waals surface area contributed by atoms with E-state index in [1.165, 1.54) is 15.8 Å². The van der Waals surface area contributed by atoms with E-state index in [9.17, 15) is 0 Å². The maximum atomic E-state index is 2.71. The zero-order valence-electron chi connectivity index (χ0n) is 12.8. The van der Waals surface area contributed by atoms with Crippen LogP contribution in [0, 0.1) is 0 Å². The van der Waals surface area contributed by atoms with Gasteiger partial charge in [0.15, 0.2) is 0 Å². The van der Waals surface area contributed by atoms with Crippen molar-refractivity contribution in [3.05, 3.63) is 71.8 Å². The van der Waals surface area contributed by atoms with Crippen LogP contribution in [0.4, 0.5) is 0 Å². The van der Waals surface area contributed by atoms with Crippen molar-refractivity contribution < 1.29 is 0 Å². The first-order chi connectivity index (χ1) is 9.62. The van der Waals surface area contributed by atoms with Gasteiger partial charge in [0.1, 0.15) is 0 Å². The molecule has 0 aliphatic carbocycles. The van der Waals surface area contributed by atoms with Crippen molar-refractivity contribution in [1.82, 2.24) is 4.57 Å². The predicted molar refractivity (Wildman–Crippen MR) is 90.2 cm³/mol. The van der Waals surface area contributed by atoms with Crippen LogP contribution in [0.2, 0.25) is 17.8 Å². The molecule has 20 heavy (non-hydrogen) atoms. The second-order valence-corrected chi connectivity index (χ2v) is 11.0. The molecular weight excluding hydrogens is 253 g/mol. The number of benzene rings is 2. The van der Waals surface area contributed by atoms with Crippen LogP contribution in [0.5, 0.6) is 0 Å². The van der Waals surface area contributed by atoms with Gasteiger partial charge in [-0.1, -0.05) is 0 Å². The Morgan fingerprint density at radius 3 is 1.55 bits per heavy atom. The Balaban J connectivity index is 2.17. The molecule has 0 aliphatic rings. The van der Waals surface area contributed by atoms with E-state index in [-0.39, 0.29) is 0 Å². The molecule has 2 rings (SSSR count). The van der Waals surface area contributed by atoms with Crippen molar-refractivity contribution in [2.24, 2.45) is 0 Å². The second-order valence-electron chi connectivity index (χ2n) is 5.99. The van der Waals surface area contributed by atoms with E-state index in [2.05, 4.69) is 96.0 Å². The third kappa shape index (κ3) is 4.36. The summed E-state index contributed by atoms with van der Waals surface area (Å²) in [7, 11) is -1.34. The van der Waals surface area contributed by atoms with Gasteiger partial charge < -0.3 is 0 Å². The molecule has 0 N–H and O–H groups in total. The van der Waals surface area contributed by atoms with Crippen LogP contribution >= 0.6 is 0 Å². The van der Waals surface area contributed by atoms with Gasteiger partial charge in [-0.25, -0.2) is 0 Å². The van der Waals surface area contributed by atoms with Crippen LogP contribution in [-0.4, -0.2) is 30.5 Å². The van der Waals surface area contributed by atoms with Crippen molar-refractivity contribution >= 4 is 26.0 Å². The quantitative estimate of drug-likeness (QED) is 0.720. The first-order valence-corrected chi connectivity index (χ1v) is 10.6. The maximum absolute atomic E-state index is 2.71. The fraction of sp³-hybridized carbons (Fsp3) is 0.294. The van der Waals surface area contributed by atoms with Crippen LogP contribution in [0.15, 0.2) is 60.7 Å². The number of hydrogen-bond donors (Lipinski definition) is 0. The molecular formula is C17H22LiNSi. The van der Waals surface area contributed by atoms with E-state index in [0.29, 0.717) is 0 Å². The molecule has 3 heteroatoms. The Morgan fingerprint density at radius 1 is 0.800 bits per heavy atom. The molecule has 0 aliphatic heterocycles. The predicted octanol–water partition coefficient (Wildman–Crippen LogP) is 4.02. The minimum absolute atomic E-state index is 1.06. The Labute approximate surface area is 133 Å². The average molecular weight is 275 g/mol. The Hall–Kier alpha value is -0.786. The Morgan fingerprint density at radius 2 is 1.20 bits per heavy atom. The summed E-state index contributed by atoms with van der Waals surface area (Å²) in [5, 5.41) is 0. The minimum atomic E-state index is -1.34. The monoisotopic (exact) mass is 275 g/mol. The van der Waals surface area contributed by atoms with Crippen molar-refractivity contribution in [3.8, 4) is 0 Å². The molecule has 0 atom stereocenters. The van der Waals surface area contributed by atoms with E-state index in [1.54, 1.807) is 0 Å². The van der Waals surface area contributed by atoms with Crippen molar-refractivity contribution in [3.63, 3.8) is 0 Å². The van der Waals surface area contributed by atoms with Gasteiger partial charge in [-0.05, 0) is 0 Å². The summed E-state index contributed by atoms with van der Waals surface area (Å²) in [5.74, 6) is 0. The Bertz CT molecular complexity index is 472. The van der Waals surface area contributed by atoms with E-state index in [0.717, 1.165) is 13.1 Å². The van der Waals surface area contributed by atoms with Crippen molar-refractivity contribution in [2.75, 3.05) is 0 Å². The normalized spacial score (nSPS) is 11.8. The molecule has 0 saturated heterocycles. The summed E-state index contributed by atoms with van der Waals surface area (Å²) < 4.78 is 3.99. The molecule has 1 nitrogen and oxygen atoms in total. The third-order valence-electron chi connectivity index (χ3n) is 4.15. The molecule has 0 heterocycles. The zero-order valence-corrected chi connectivity index (χ0v) is 13.8. The van der Waals surface area contributed by atoms with Gasteiger partial charge in [0.2, 0.25) is 0 Å². The first-order valence-electron chi connectivity index (χ1n) is 7.45. The molecule has 0 spiro atoms. The fourth-order valence-electron chi connectivity index (χ4n) is 2.32. The molecule has 100 valence electrons. The molecule has 0 bridgehead atoms. The number of rotatable bonds is 6. The van der Waals surface area contributed by atoms with E-state index in [4.69, 9.17) is 0 Å². The van der Waals surface area contributed by atoms with Crippen LogP contribution in [0.3, 0.4) is 0 Å². The van der Waals surface area contributed by atoms with Crippen molar-refractivity contribution in [1.29, 1.82) is 0 Å². The van der Waals surface area contributed by atoms with E-state index < -0.39 is 8.24 Å². The average Bonchev–Trinajstić information content (AvgIpc) is 2.49. The Kier molecular flexibility index (Phi) is 5.68. The van der Waals surface area contributed by atoms with Gasteiger partial charge >= 0.3 is 133 Å². The standard InChI is InChI=1S/C17H22NSi.Li/c1-19(2,3)18(14-16-10-6-4-7-11-16)15-17-12-8-5-9-13-17;/h4-13H,1,14-15H2,2-3H3;. The van der Waals surface area contributed by atoms with Crippen LogP contribution in [0.1, 0.15) is 11.1 Å². The topological polar surface area (TPSA) is 3.24 Å². The van der Waals surface area contributed by atoms with Gasteiger partial charge in [0.05, 0.1) is 0 Å². The zero-order chi connectivity index (χ0) is 14.4. The fourth-order valence-corrected chi connectivity index (χ4v) is 3.98. The summed E-state index contributed by atoms with van der Waals surface area (Å²) in [6.45, 7) is 7.06. The summed E-state index contributed by atoms with van der Waals surface area (Å²) in [6.07, 6.45) is 0. The van der Waals surface area contributed by atoms with Gasteiger partial charge in [0.25, 0.3) is 0 Å². The summed E-state index contributed by atoms with van der Waals surface area (Å²) in [6, 6.07) is 21.7. The molecule has 0 aromatic heterocycles. The molecule has 0 amide bonds.